The van der Waals surface area contributed by atoms with Gasteiger partial charge in [0, 0.05) is 19.0 Å². The van der Waals surface area contributed by atoms with E-state index < -0.39 is 6.10 Å². The molecule has 0 saturated heterocycles. The molecule has 7 heteroatoms. The van der Waals surface area contributed by atoms with Crippen molar-refractivity contribution in [1.29, 1.82) is 0 Å². The smallest absolute Gasteiger partial charge is 0.153 e. The Morgan fingerprint density at radius 3 is 1.81 bits per heavy atom. The summed E-state index contributed by atoms with van der Waals surface area (Å²) in [5.74, 6) is 2.74. The molecule has 0 saturated carbocycles. The Kier molecular flexibility index (Phi) is 12.6. The lowest BCUT2D eigenvalue weighted by molar-refractivity contribution is 0.0647. The summed E-state index contributed by atoms with van der Waals surface area (Å²) in [6.07, 6.45) is 0.822. The van der Waals surface area contributed by atoms with Crippen LogP contribution in [-0.2, 0) is 13.2 Å². The molecular formula is C41H43NO6. The molecule has 5 rings (SSSR count). The van der Waals surface area contributed by atoms with Crippen LogP contribution in [0.1, 0.15) is 45.0 Å². The van der Waals surface area contributed by atoms with Gasteiger partial charge in [0.1, 0.15) is 42.3 Å². The van der Waals surface area contributed by atoms with Crippen molar-refractivity contribution in [3.63, 3.8) is 0 Å². The van der Waals surface area contributed by atoms with E-state index in [4.69, 9.17) is 18.9 Å². The van der Waals surface area contributed by atoms with Crippen LogP contribution in [0.2, 0.25) is 0 Å². The quantitative estimate of drug-likeness (QED) is 0.0986. The molecule has 5 aromatic carbocycles. The van der Waals surface area contributed by atoms with Crippen molar-refractivity contribution >= 4 is 6.29 Å². The number of aliphatic hydroxyl groups is 1. The number of methoxy groups -OCH3 is 2. The van der Waals surface area contributed by atoms with Crippen molar-refractivity contribution in [2.45, 2.75) is 31.6 Å². The van der Waals surface area contributed by atoms with Crippen molar-refractivity contribution < 1.29 is 28.8 Å². The number of hydrogen-bond acceptors (Lipinski definition) is 7. The summed E-state index contributed by atoms with van der Waals surface area (Å²) in [5.41, 5.74) is 4.94. The minimum atomic E-state index is -0.761. The summed E-state index contributed by atoms with van der Waals surface area (Å²) in [6, 6.07) is 41.6. The molecule has 0 aliphatic rings. The maximum atomic E-state index is 11.8. The second-order valence-electron chi connectivity index (χ2n) is 11.7. The molecule has 1 N–H and O–H groups in total. The van der Waals surface area contributed by atoms with Crippen molar-refractivity contribution in [1.82, 2.24) is 4.90 Å². The van der Waals surface area contributed by atoms with E-state index in [1.807, 2.05) is 72.8 Å². The number of aliphatic hydroxyl groups excluding tert-OH is 1. The highest BCUT2D eigenvalue weighted by Crippen LogP contribution is 2.31. The zero-order valence-corrected chi connectivity index (χ0v) is 27.5. The van der Waals surface area contributed by atoms with E-state index >= 15 is 0 Å². The second kappa shape index (κ2) is 17.7. The lowest BCUT2D eigenvalue weighted by Gasteiger charge is -2.28. The molecule has 0 heterocycles. The first kappa shape index (κ1) is 34.2. The highest BCUT2D eigenvalue weighted by Gasteiger charge is 2.19. The van der Waals surface area contributed by atoms with Gasteiger partial charge in [-0.25, -0.2) is 0 Å². The van der Waals surface area contributed by atoms with Crippen LogP contribution in [0, 0.1) is 0 Å². The fourth-order valence-corrected chi connectivity index (χ4v) is 5.70. The van der Waals surface area contributed by atoms with Crippen LogP contribution in [0.25, 0.3) is 0 Å². The number of hydrogen-bond donors (Lipinski definition) is 1. The van der Waals surface area contributed by atoms with Gasteiger partial charge < -0.3 is 24.1 Å². The third-order valence-corrected chi connectivity index (χ3v) is 8.28. The summed E-state index contributed by atoms with van der Waals surface area (Å²) in [6.45, 7) is 2.26. The summed E-state index contributed by atoms with van der Waals surface area (Å²) < 4.78 is 22.7. The Labute approximate surface area is 283 Å². The number of aldehydes is 1. The molecule has 0 aliphatic heterocycles. The van der Waals surface area contributed by atoms with Crippen LogP contribution >= 0.6 is 0 Å². The Balaban J connectivity index is 1.25. The van der Waals surface area contributed by atoms with E-state index in [1.165, 1.54) is 11.1 Å². The molecule has 0 radical (unpaired) electrons. The first-order valence-electron chi connectivity index (χ1n) is 16.2. The van der Waals surface area contributed by atoms with Crippen LogP contribution < -0.4 is 18.9 Å². The SMILES string of the molecule is COc1ccc(C(CCN(Cc2ccccc2)CC(O)COc2ccc(OCc3ccccc3)c(C=O)c2)c2ccc(OC)cc2)cc1. The van der Waals surface area contributed by atoms with E-state index in [-0.39, 0.29) is 12.5 Å². The van der Waals surface area contributed by atoms with E-state index in [0.29, 0.717) is 36.8 Å². The third kappa shape index (κ3) is 9.94. The average molecular weight is 646 g/mol. The van der Waals surface area contributed by atoms with Gasteiger partial charge in [-0.3, -0.25) is 9.69 Å². The Hall–Kier alpha value is -5.11. The van der Waals surface area contributed by atoms with Gasteiger partial charge in [-0.05, 0) is 77.7 Å². The highest BCUT2D eigenvalue weighted by atomic mass is 16.5. The van der Waals surface area contributed by atoms with Gasteiger partial charge in [-0.15, -0.1) is 0 Å². The van der Waals surface area contributed by atoms with Gasteiger partial charge >= 0.3 is 0 Å². The fraction of sp³-hybridized carbons (Fsp3) is 0.244. The maximum absolute atomic E-state index is 11.8. The molecule has 0 amide bonds. The number of ether oxygens (including phenoxy) is 4. The lowest BCUT2D eigenvalue weighted by atomic mass is 9.88. The van der Waals surface area contributed by atoms with Crippen molar-refractivity contribution in [2.24, 2.45) is 0 Å². The topological polar surface area (TPSA) is 77.5 Å². The van der Waals surface area contributed by atoms with E-state index in [1.54, 1.807) is 32.4 Å². The number of carbonyl (C=O) groups is 1. The first-order valence-corrected chi connectivity index (χ1v) is 16.2. The standard InChI is InChI=1S/C41H43NO6/c1-45-37-17-13-33(14-18-37)40(34-15-19-38(46-2)20-16-34)23-24-42(26-31-9-5-3-6-10-31)27-36(44)30-47-39-21-22-41(35(25-39)28-43)48-29-32-11-7-4-8-12-32/h3-22,25,28,36,40,44H,23-24,26-27,29-30H2,1-2H3. The number of rotatable bonds is 18. The Bertz CT molecular complexity index is 1630. The van der Waals surface area contributed by atoms with Gasteiger partial charge in [0.05, 0.1) is 19.8 Å². The van der Waals surface area contributed by atoms with Crippen molar-refractivity contribution in [3.05, 3.63) is 155 Å². The maximum Gasteiger partial charge on any atom is 0.153 e. The zero-order chi connectivity index (χ0) is 33.6. The number of nitrogens with zero attached hydrogens (tertiary/aromatic N) is 1. The minimum Gasteiger partial charge on any atom is -0.497 e. The molecule has 0 bridgehead atoms. The molecular weight excluding hydrogens is 602 g/mol. The first-order chi connectivity index (χ1) is 23.5. The molecule has 5 aromatic rings. The van der Waals surface area contributed by atoms with E-state index in [2.05, 4.69) is 41.3 Å². The summed E-state index contributed by atoms with van der Waals surface area (Å²) in [5, 5.41) is 11.2. The molecule has 7 nitrogen and oxygen atoms in total. The predicted molar refractivity (Wildman–Crippen MR) is 188 cm³/mol. The number of carbonyl (C=O) groups excluding carboxylic acids is 1. The molecule has 1 unspecified atom stereocenters. The van der Waals surface area contributed by atoms with E-state index in [0.717, 1.165) is 41.9 Å². The van der Waals surface area contributed by atoms with Crippen molar-refractivity contribution in [2.75, 3.05) is 33.9 Å². The van der Waals surface area contributed by atoms with Crippen LogP contribution in [-0.4, -0.2) is 56.3 Å². The molecule has 0 aromatic heterocycles. The van der Waals surface area contributed by atoms with E-state index in [9.17, 15) is 9.90 Å². The minimum absolute atomic E-state index is 0.0776. The third-order valence-electron chi connectivity index (χ3n) is 8.28. The normalized spacial score (nSPS) is 11.7. The highest BCUT2D eigenvalue weighted by molar-refractivity contribution is 5.80. The van der Waals surface area contributed by atoms with Gasteiger partial charge in [0.15, 0.2) is 6.29 Å². The van der Waals surface area contributed by atoms with Crippen LogP contribution in [0.15, 0.2) is 127 Å². The van der Waals surface area contributed by atoms with Gasteiger partial charge in [0.25, 0.3) is 0 Å². The lowest BCUT2D eigenvalue weighted by Crippen LogP contribution is -2.36. The predicted octanol–water partition coefficient (Wildman–Crippen LogP) is 7.56. The molecule has 1 atom stereocenters. The Morgan fingerprint density at radius 2 is 1.25 bits per heavy atom. The average Bonchev–Trinajstić information content (AvgIpc) is 3.14. The Morgan fingerprint density at radius 1 is 0.688 bits per heavy atom. The van der Waals surface area contributed by atoms with Crippen molar-refractivity contribution in [3.8, 4) is 23.0 Å². The van der Waals surface area contributed by atoms with Gasteiger partial charge in [-0.2, -0.15) is 0 Å². The number of benzene rings is 5. The van der Waals surface area contributed by atoms with Crippen LogP contribution in [0.4, 0.5) is 0 Å². The molecule has 0 fully saturated rings. The molecule has 48 heavy (non-hydrogen) atoms. The molecule has 0 aliphatic carbocycles. The second-order valence-corrected chi connectivity index (χ2v) is 11.7. The summed E-state index contributed by atoms with van der Waals surface area (Å²) in [7, 11) is 3.34. The van der Waals surface area contributed by atoms with Gasteiger partial charge in [-0.1, -0.05) is 84.9 Å². The summed E-state index contributed by atoms with van der Waals surface area (Å²) >= 11 is 0. The van der Waals surface area contributed by atoms with Crippen LogP contribution in [0.5, 0.6) is 23.0 Å². The molecule has 248 valence electrons. The monoisotopic (exact) mass is 645 g/mol. The largest absolute Gasteiger partial charge is 0.497 e. The molecule has 0 spiro atoms. The zero-order valence-electron chi connectivity index (χ0n) is 27.5. The fourth-order valence-electron chi connectivity index (χ4n) is 5.70. The summed E-state index contributed by atoms with van der Waals surface area (Å²) in [4.78, 5) is 14.1. The van der Waals surface area contributed by atoms with Crippen LogP contribution in [0.3, 0.4) is 0 Å². The van der Waals surface area contributed by atoms with Gasteiger partial charge in [0.2, 0.25) is 0 Å².